The first-order valence-corrected chi connectivity index (χ1v) is 13.2. The minimum absolute atomic E-state index is 0.00521. The second kappa shape index (κ2) is 13.0. The van der Waals surface area contributed by atoms with Crippen molar-refractivity contribution in [2.45, 2.75) is 26.1 Å². The summed E-state index contributed by atoms with van der Waals surface area (Å²) in [6.07, 6.45) is 0. The molecule has 0 radical (unpaired) electrons. The Balaban J connectivity index is 1.55. The molecule has 38 heavy (non-hydrogen) atoms. The van der Waals surface area contributed by atoms with Crippen LogP contribution in [0.25, 0.3) is 0 Å². The molecule has 1 heterocycles. The molecule has 0 saturated heterocycles. The number of allylic oxidation sites excluding steroid dienone is 2. The quantitative estimate of drug-likeness (QED) is 0.318. The molecule has 1 N–H and O–H groups in total. The van der Waals surface area contributed by atoms with Crippen LogP contribution in [0, 0.1) is 11.3 Å². The van der Waals surface area contributed by atoms with Crippen LogP contribution in [0.5, 0.6) is 0 Å². The first kappa shape index (κ1) is 27.1. The van der Waals surface area contributed by atoms with Crippen molar-refractivity contribution in [1.82, 2.24) is 5.32 Å². The van der Waals surface area contributed by atoms with E-state index in [9.17, 15) is 14.9 Å². The van der Waals surface area contributed by atoms with E-state index in [-0.39, 0.29) is 19.0 Å². The number of hydrogen-bond donors (Lipinski definition) is 1. The number of carbonyl (C=O) groups is 2. The van der Waals surface area contributed by atoms with Gasteiger partial charge in [0.25, 0.3) is 0 Å². The van der Waals surface area contributed by atoms with Crippen LogP contribution >= 0.6 is 23.4 Å². The third kappa shape index (κ3) is 6.86. The number of nitrogens with one attached hydrogen (secondary N) is 1. The summed E-state index contributed by atoms with van der Waals surface area (Å²) in [5.41, 5.74) is 3.64. The van der Waals surface area contributed by atoms with Crippen molar-refractivity contribution in [3.63, 3.8) is 0 Å². The summed E-state index contributed by atoms with van der Waals surface area (Å²) in [7, 11) is 0. The minimum atomic E-state index is -0.690. The highest BCUT2D eigenvalue weighted by Gasteiger charge is 2.35. The number of thioether (sulfide) groups is 1. The lowest BCUT2D eigenvalue weighted by Crippen LogP contribution is -2.29. The van der Waals surface area contributed by atoms with E-state index in [0.717, 1.165) is 22.9 Å². The molecule has 3 aromatic rings. The van der Waals surface area contributed by atoms with Crippen molar-refractivity contribution < 1.29 is 19.1 Å². The summed E-state index contributed by atoms with van der Waals surface area (Å²) in [5, 5.41) is 14.4. The molecule has 192 valence electrons. The van der Waals surface area contributed by atoms with Gasteiger partial charge in [-0.15, -0.1) is 0 Å². The molecule has 1 aliphatic rings. The Morgan fingerprint density at radius 1 is 0.921 bits per heavy atom. The van der Waals surface area contributed by atoms with Gasteiger partial charge in [0.2, 0.25) is 0 Å². The molecule has 0 fully saturated rings. The fourth-order valence-corrected chi connectivity index (χ4v) is 5.01. The summed E-state index contributed by atoms with van der Waals surface area (Å²) in [5.74, 6) is -1.64. The predicted octanol–water partition coefficient (Wildman–Crippen LogP) is 6.26. The van der Waals surface area contributed by atoms with E-state index in [2.05, 4.69) is 11.4 Å². The Hall–Kier alpha value is -3.99. The predicted molar refractivity (Wildman–Crippen MR) is 148 cm³/mol. The van der Waals surface area contributed by atoms with Crippen molar-refractivity contribution >= 4 is 35.3 Å². The molecule has 8 heteroatoms. The van der Waals surface area contributed by atoms with Crippen LogP contribution in [0.1, 0.15) is 29.5 Å². The van der Waals surface area contributed by atoms with E-state index in [0.29, 0.717) is 32.5 Å². The van der Waals surface area contributed by atoms with Gasteiger partial charge in [0.1, 0.15) is 13.2 Å². The SMILES string of the molecule is CC1=C(C(=O)OCc2ccccc2)C(c2ccc(Cl)cc2)C(C#N)=C(SCC(=O)OCc2ccccc2)N1. The maximum absolute atomic E-state index is 13.3. The van der Waals surface area contributed by atoms with Gasteiger partial charge in [-0.2, -0.15) is 5.26 Å². The molecule has 0 saturated carbocycles. The summed E-state index contributed by atoms with van der Waals surface area (Å²) >= 11 is 7.27. The highest BCUT2D eigenvalue weighted by atomic mass is 35.5. The number of carbonyl (C=O) groups excluding carboxylic acids is 2. The van der Waals surface area contributed by atoms with Crippen molar-refractivity contribution in [1.29, 1.82) is 5.26 Å². The largest absolute Gasteiger partial charge is 0.460 e. The Bertz CT molecular complexity index is 1400. The fourth-order valence-electron chi connectivity index (χ4n) is 4.00. The van der Waals surface area contributed by atoms with Crippen LogP contribution in [-0.2, 0) is 32.3 Å². The molecular weight excluding hydrogens is 520 g/mol. The highest BCUT2D eigenvalue weighted by Crippen LogP contribution is 2.41. The van der Waals surface area contributed by atoms with E-state index in [1.54, 1.807) is 31.2 Å². The first-order valence-electron chi connectivity index (χ1n) is 11.9. The molecule has 4 rings (SSSR count). The number of dihydropyridines is 1. The number of hydrogen-bond acceptors (Lipinski definition) is 7. The number of nitriles is 1. The molecule has 1 unspecified atom stereocenters. The van der Waals surface area contributed by atoms with Gasteiger partial charge in [-0.1, -0.05) is 96.2 Å². The molecule has 0 amide bonds. The zero-order valence-corrected chi connectivity index (χ0v) is 22.2. The van der Waals surface area contributed by atoms with Crippen LogP contribution in [0.3, 0.4) is 0 Å². The van der Waals surface area contributed by atoms with Gasteiger partial charge in [0.15, 0.2) is 0 Å². The zero-order valence-electron chi connectivity index (χ0n) is 20.6. The van der Waals surface area contributed by atoms with Gasteiger partial charge in [0, 0.05) is 10.7 Å². The van der Waals surface area contributed by atoms with Crippen LogP contribution in [0.15, 0.2) is 107 Å². The Kier molecular flexibility index (Phi) is 9.26. The Morgan fingerprint density at radius 2 is 1.50 bits per heavy atom. The molecule has 3 aromatic carbocycles. The van der Waals surface area contributed by atoms with Crippen LogP contribution in [0.4, 0.5) is 0 Å². The maximum Gasteiger partial charge on any atom is 0.337 e. The third-order valence-corrected chi connectivity index (χ3v) is 7.10. The number of nitrogens with zero attached hydrogens (tertiary/aromatic N) is 1. The lowest BCUT2D eigenvalue weighted by atomic mass is 9.82. The second-order valence-corrected chi connectivity index (χ2v) is 9.92. The molecular formula is C30H25ClN2O4S. The number of esters is 2. The molecule has 6 nitrogen and oxygen atoms in total. The Morgan fingerprint density at radius 3 is 2.08 bits per heavy atom. The normalized spacial score (nSPS) is 14.9. The minimum Gasteiger partial charge on any atom is -0.460 e. The van der Waals surface area contributed by atoms with Crippen molar-refractivity contribution in [2.75, 3.05) is 5.75 Å². The molecule has 0 aliphatic carbocycles. The lowest BCUT2D eigenvalue weighted by Gasteiger charge is -2.29. The lowest BCUT2D eigenvalue weighted by molar-refractivity contribution is -0.142. The highest BCUT2D eigenvalue weighted by molar-refractivity contribution is 8.03. The topological polar surface area (TPSA) is 88.4 Å². The van der Waals surface area contributed by atoms with E-state index in [4.69, 9.17) is 21.1 Å². The summed E-state index contributed by atoms with van der Waals surface area (Å²) in [6, 6.07) is 28.0. The summed E-state index contributed by atoms with van der Waals surface area (Å²) in [4.78, 5) is 25.8. The zero-order chi connectivity index (χ0) is 26.9. The van der Waals surface area contributed by atoms with Gasteiger partial charge in [0.05, 0.1) is 33.9 Å². The van der Waals surface area contributed by atoms with Gasteiger partial charge >= 0.3 is 11.9 Å². The standard InChI is InChI=1S/C30H25ClN2O4S/c1-20-27(30(35)37-18-22-10-6-3-7-11-22)28(23-12-14-24(31)15-13-23)25(16-32)29(33-20)38-19-26(34)36-17-21-8-4-2-5-9-21/h2-15,28,33H,17-19H2,1H3. The fraction of sp³-hybridized carbons (Fsp3) is 0.167. The number of rotatable bonds is 9. The smallest absolute Gasteiger partial charge is 0.337 e. The first-order chi connectivity index (χ1) is 18.5. The number of ether oxygens (including phenoxy) is 2. The molecule has 1 atom stereocenters. The van der Waals surface area contributed by atoms with E-state index >= 15 is 0 Å². The number of halogens is 1. The molecule has 0 spiro atoms. The molecule has 0 aromatic heterocycles. The average molecular weight is 545 g/mol. The monoisotopic (exact) mass is 544 g/mol. The average Bonchev–Trinajstić information content (AvgIpc) is 2.95. The van der Waals surface area contributed by atoms with Gasteiger partial charge in [-0.05, 0) is 35.7 Å². The van der Waals surface area contributed by atoms with Gasteiger partial charge in [-0.3, -0.25) is 4.79 Å². The van der Waals surface area contributed by atoms with Crippen LogP contribution < -0.4 is 5.32 Å². The van der Waals surface area contributed by atoms with E-state index in [1.165, 1.54) is 0 Å². The Labute approximate surface area is 230 Å². The van der Waals surface area contributed by atoms with Crippen molar-refractivity contribution in [2.24, 2.45) is 0 Å². The van der Waals surface area contributed by atoms with Gasteiger partial charge < -0.3 is 14.8 Å². The van der Waals surface area contributed by atoms with Crippen molar-refractivity contribution in [3.05, 3.63) is 129 Å². The molecule has 1 aliphatic heterocycles. The summed E-state index contributed by atoms with van der Waals surface area (Å²) < 4.78 is 11.0. The number of benzene rings is 3. The van der Waals surface area contributed by atoms with Crippen LogP contribution in [-0.4, -0.2) is 17.7 Å². The van der Waals surface area contributed by atoms with Crippen LogP contribution in [0.2, 0.25) is 5.02 Å². The van der Waals surface area contributed by atoms with Crippen molar-refractivity contribution in [3.8, 4) is 6.07 Å². The van der Waals surface area contributed by atoms with Gasteiger partial charge in [-0.25, -0.2) is 4.79 Å². The maximum atomic E-state index is 13.3. The third-order valence-electron chi connectivity index (χ3n) is 5.86. The van der Waals surface area contributed by atoms with E-state index in [1.807, 2.05) is 60.7 Å². The second-order valence-electron chi connectivity index (χ2n) is 8.50. The van der Waals surface area contributed by atoms with E-state index < -0.39 is 17.9 Å². The molecule has 0 bridgehead atoms. The summed E-state index contributed by atoms with van der Waals surface area (Å²) in [6.45, 7) is 2.02.